The van der Waals surface area contributed by atoms with Crippen LogP contribution in [0.15, 0.2) is 0 Å². The van der Waals surface area contributed by atoms with E-state index < -0.39 is 0 Å². The Bertz CT molecular complexity index is 145. The third-order valence-corrected chi connectivity index (χ3v) is 2.85. The highest BCUT2D eigenvalue weighted by molar-refractivity contribution is 4.80. The Kier molecular flexibility index (Phi) is 2.63. The van der Waals surface area contributed by atoms with Crippen LogP contribution in [0.5, 0.6) is 0 Å². The van der Waals surface area contributed by atoms with Crippen LogP contribution in [-0.4, -0.2) is 43.8 Å². The van der Waals surface area contributed by atoms with E-state index in [1.54, 1.807) is 0 Å². The molecule has 0 bridgehead atoms. The first-order valence-corrected chi connectivity index (χ1v) is 4.90. The predicted octanol–water partition coefficient (Wildman–Crippen LogP) is 0.0559. The Morgan fingerprint density at radius 3 is 2.92 bits per heavy atom. The molecule has 12 heavy (non-hydrogen) atoms. The minimum atomic E-state index is 0.423. The number of nitrogens with two attached hydrogens (primary N) is 1. The van der Waals surface area contributed by atoms with E-state index in [-0.39, 0.29) is 0 Å². The molecule has 2 aliphatic heterocycles. The van der Waals surface area contributed by atoms with Gasteiger partial charge in [0.25, 0.3) is 0 Å². The van der Waals surface area contributed by atoms with E-state index in [1.165, 1.54) is 25.9 Å². The van der Waals surface area contributed by atoms with Crippen molar-refractivity contribution in [1.29, 1.82) is 0 Å². The fourth-order valence-corrected chi connectivity index (χ4v) is 2.12. The van der Waals surface area contributed by atoms with Crippen LogP contribution in [0, 0.1) is 5.92 Å². The standard InChI is InChI=1S/C9H18N2O/c10-9-1-3-11(6-9)5-8-2-4-12-7-8/h8-9H,1-7,10H2. The minimum Gasteiger partial charge on any atom is -0.381 e. The molecule has 2 N–H and O–H groups in total. The van der Waals surface area contributed by atoms with Crippen molar-refractivity contribution in [3.05, 3.63) is 0 Å². The number of hydrogen-bond acceptors (Lipinski definition) is 3. The second-order valence-electron chi connectivity index (χ2n) is 4.04. The SMILES string of the molecule is NC1CCN(CC2CCOC2)C1. The van der Waals surface area contributed by atoms with Gasteiger partial charge in [-0.05, 0) is 25.3 Å². The first-order chi connectivity index (χ1) is 5.84. The summed E-state index contributed by atoms with van der Waals surface area (Å²) in [4.78, 5) is 2.48. The van der Waals surface area contributed by atoms with E-state index >= 15 is 0 Å². The van der Waals surface area contributed by atoms with Crippen molar-refractivity contribution in [3.8, 4) is 0 Å². The highest BCUT2D eigenvalue weighted by Crippen LogP contribution is 2.16. The lowest BCUT2D eigenvalue weighted by Crippen LogP contribution is -2.30. The van der Waals surface area contributed by atoms with Crippen molar-refractivity contribution < 1.29 is 4.74 Å². The van der Waals surface area contributed by atoms with Gasteiger partial charge in [-0.25, -0.2) is 0 Å². The van der Waals surface area contributed by atoms with Crippen LogP contribution >= 0.6 is 0 Å². The minimum absolute atomic E-state index is 0.423. The van der Waals surface area contributed by atoms with Crippen LogP contribution in [0.25, 0.3) is 0 Å². The van der Waals surface area contributed by atoms with Gasteiger partial charge in [0.2, 0.25) is 0 Å². The zero-order chi connectivity index (χ0) is 8.39. The zero-order valence-electron chi connectivity index (χ0n) is 7.54. The van der Waals surface area contributed by atoms with Gasteiger partial charge in [-0.3, -0.25) is 0 Å². The molecule has 2 aliphatic rings. The van der Waals surface area contributed by atoms with Crippen LogP contribution in [0.3, 0.4) is 0 Å². The third kappa shape index (κ3) is 1.97. The predicted molar refractivity (Wildman–Crippen MR) is 48.0 cm³/mol. The molecule has 3 heteroatoms. The monoisotopic (exact) mass is 170 g/mol. The molecule has 2 fully saturated rings. The summed E-state index contributed by atoms with van der Waals surface area (Å²) in [5.74, 6) is 0.773. The van der Waals surface area contributed by atoms with Gasteiger partial charge in [0, 0.05) is 25.7 Å². The summed E-state index contributed by atoms with van der Waals surface area (Å²) in [6, 6.07) is 0.423. The fourth-order valence-electron chi connectivity index (χ4n) is 2.12. The summed E-state index contributed by atoms with van der Waals surface area (Å²) in [6.45, 7) is 5.41. The second-order valence-corrected chi connectivity index (χ2v) is 4.04. The molecule has 3 nitrogen and oxygen atoms in total. The number of ether oxygens (including phenoxy) is 1. The number of nitrogens with zero attached hydrogens (tertiary/aromatic N) is 1. The van der Waals surface area contributed by atoms with Gasteiger partial charge >= 0.3 is 0 Å². The summed E-state index contributed by atoms with van der Waals surface area (Å²) in [5.41, 5.74) is 5.83. The van der Waals surface area contributed by atoms with Crippen LogP contribution < -0.4 is 5.73 Å². The first kappa shape index (κ1) is 8.48. The van der Waals surface area contributed by atoms with Gasteiger partial charge in [0.15, 0.2) is 0 Å². The molecule has 70 valence electrons. The summed E-state index contributed by atoms with van der Waals surface area (Å²) >= 11 is 0. The van der Waals surface area contributed by atoms with Crippen molar-refractivity contribution in [3.63, 3.8) is 0 Å². The van der Waals surface area contributed by atoms with Crippen LogP contribution in [0.1, 0.15) is 12.8 Å². The molecule has 0 amide bonds. The topological polar surface area (TPSA) is 38.5 Å². The maximum Gasteiger partial charge on any atom is 0.0507 e. The Hall–Kier alpha value is -0.120. The Labute approximate surface area is 73.9 Å². The molecule has 2 unspecified atom stereocenters. The van der Waals surface area contributed by atoms with Crippen molar-refractivity contribution in [2.24, 2.45) is 11.7 Å². The number of hydrogen-bond donors (Lipinski definition) is 1. The number of likely N-dealkylation sites (tertiary alicyclic amines) is 1. The Balaban J connectivity index is 1.72. The average Bonchev–Trinajstić information content (AvgIpc) is 2.63. The average molecular weight is 170 g/mol. The highest BCUT2D eigenvalue weighted by Gasteiger charge is 2.24. The van der Waals surface area contributed by atoms with Crippen molar-refractivity contribution >= 4 is 0 Å². The molecule has 2 heterocycles. The van der Waals surface area contributed by atoms with E-state index in [0.29, 0.717) is 6.04 Å². The number of rotatable bonds is 2. The van der Waals surface area contributed by atoms with E-state index in [1.807, 2.05) is 0 Å². The molecule has 0 aromatic rings. The molecule has 0 spiro atoms. The van der Waals surface area contributed by atoms with Crippen LogP contribution in [-0.2, 0) is 4.74 Å². The summed E-state index contributed by atoms with van der Waals surface area (Å²) < 4.78 is 5.34. The van der Waals surface area contributed by atoms with Gasteiger partial charge < -0.3 is 15.4 Å². The van der Waals surface area contributed by atoms with E-state index in [9.17, 15) is 0 Å². The Morgan fingerprint density at radius 1 is 1.42 bits per heavy atom. The zero-order valence-corrected chi connectivity index (χ0v) is 7.54. The fraction of sp³-hybridized carbons (Fsp3) is 1.00. The smallest absolute Gasteiger partial charge is 0.0507 e. The molecule has 0 radical (unpaired) electrons. The highest BCUT2D eigenvalue weighted by atomic mass is 16.5. The van der Waals surface area contributed by atoms with Crippen molar-refractivity contribution in [2.75, 3.05) is 32.8 Å². The lowest BCUT2D eigenvalue weighted by Gasteiger charge is -2.18. The normalized spacial score (nSPS) is 37.8. The largest absolute Gasteiger partial charge is 0.381 e. The van der Waals surface area contributed by atoms with Crippen molar-refractivity contribution in [1.82, 2.24) is 4.90 Å². The lowest BCUT2D eigenvalue weighted by molar-refractivity contribution is 0.173. The molecule has 0 aromatic carbocycles. The van der Waals surface area contributed by atoms with Gasteiger partial charge in [0.1, 0.15) is 0 Å². The molecule has 2 atom stereocenters. The molecule has 0 aromatic heterocycles. The molecule has 0 saturated carbocycles. The maximum absolute atomic E-state index is 5.83. The molecular formula is C9H18N2O. The van der Waals surface area contributed by atoms with Crippen molar-refractivity contribution in [2.45, 2.75) is 18.9 Å². The van der Waals surface area contributed by atoms with Gasteiger partial charge in [-0.2, -0.15) is 0 Å². The van der Waals surface area contributed by atoms with Gasteiger partial charge in [-0.15, -0.1) is 0 Å². The van der Waals surface area contributed by atoms with Gasteiger partial charge in [0.05, 0.1) is 6.61 Å². The second kappa shape index (κ2) is 3.73. The first-order valence-electron chi connectivity index (χ1n) is 4.90. The quantitative estimate of drug-likeness (QED) is 0.636. The van der Waals surface area contributed by atoms with Crippen LogP contribution in [0.2, 0.25) is 0 Å². The third-order valence-electron chi connectivity index (χ3n) is 2.85. The molecular weight excluding hydrogens is 152 g/mol. The lowest BCUT2D eigenvalue weighted by atomic mass is 10.1. The molecule has 0 aliphatic carbocycles. The van der Waals surface area contributed by atoms with E-state index in [2.05, 4.69) is 4.90 Å². The molecule has 2 saturated heterocycles. The van der Waals surface area contributed by atoms with E-state index in [4.69, 9.17) is 10.5 Å². The maximum atomic E-state index is 5.83. The summed E-state index contributed by atoms with van der Waals surface area (Å²) in [6.07, 6.45) is 2.42. The summed E-state index contributed by atoms with van der Waals surface area (Å²) in [5, 5.41) is 0. The summed E-state index contributed by atoms with van der Waals surface area (Å²) in [7, 11) is 0. The van der Waals surface area contributed by atoms with E-state index in [0.717, 1.165) is 25.7 Å². The Morgan fingerprint density at radius 2 is 2.33 bits per heavy atom. The van der Waals surface area contributed by atoms with Crippen LogP contribution in [0.4, 0.5) is 0 Å². The van der Waals surface area contributed by atoms with Gasteiger partial charge in [-0.1, -0.05) is 0 Å². The molecule has 2 rings (SSSR count).